The Morgan fingerprint density at radius 3 is 2.41 bits per heavy atom. The molecular formula is C22H27F3N4O3. The minimum atomic E-state index is -4.44. The molecule has 1 aromatic heterocycles. The Morgan fingerprint density at radius 2 is 1.81 bits per heavy atom. The van der Waals surface area contributed by atoms with Gasteiger partial charge in [0.05, 0.1) is 5.56 Å². The van der Waals surface area contributed by atoms with Gasteiger partial charge in [0.15, 0.2) is 0 Å². The van der Waals surface area contributed by atoms with E-state index in [9.17, 15) is 22.8 Å². The predicted molar refractivity (Wildman–Crippen MR) is 114 cm³/mol. The number of carbonyl (C=O) groups excluding carboxylic acids is 2. The molecule has 7 nitrogen and oxygen atoms in total. The number of hydrogen-bond donors (Lipinski definition) is 3. The molecule has 0 fully saturated rings. The number of carbonyl (C=O) groups is 2. The molecule has 0 aliphatic rings. The van der Waals surface area contributed by atoms with E-state index in [2.05, 4.69) is 20.9 Å². The van der Waals surface area contributed by atoms with Gasteiger partial charge in [0.2, 0.25) is 5.91 Å². The quantitative estimate of drug-likeness (QED) is 0.475. The van der Waals surface area contributed by atoms with Crippen LogP contribution in [0.2, 0.25) is 0 Å². The summed E-state index contributed by atoms with van der Waals surface area (Å²) in [4.78, 5) is 28.4. The molecule has 0 unspecified atom stereocenters. The Labute approximate surface area is 184 Å². The summed E-state index contributed by atoms with van der Waals surface area (Å²) < 4.78 is 42.9. The second-order valence-corrected chi connectivity index (χ2v) is 7.22. The zero-order valence-electron chi connectivity index (χ0n) is 17.9. The predicted octanol–water partition coefficient (Wildman–Crippen LogP) is 3.97. The number of amides is 2. The number of pyridine rings is 1. The number of rotatable bonds is 10. The summed E-state index contributed by atoms with van der Waals surface area (Å²) in [6, 6.07) is 10.5. The van der Waals surface area contributed by atoms with Crippen LogP contribution in [0.4, 0.5) is 23.8 Å². The molecule has 0 aliphatic heterocycles. The summed E-state index contributed by atoms with van der Waals surface area (Å²) in [7, 11) is 0. The van der Waals surface area contributed by atoms with Gasteiger partial charge in [-0.15, -0.1) is 0 Å². The van der Waals surface area contributed by atoms with Crippen molar-refractivity contribution in [3.05, 3.63) is 59.8 Å². The smallest absolute Gasteiger partial charge is 0.417 e. The lowest BCUT2D eigenvalue weighted by atomic mass is 9.98. The number of hydrogen-bond acceptors (Lipinski definition) is 5. The normalized spacial score (nSPS) is 13.0. The van der Waals surface area contributed by atoms with Crippen molar-refractivity contribution in [1.29, 1.82) is 0 Å². The molecule has 32 heavy (non-hydrogen) atoms. The molecule has 0 saturated carbocycles. The van der Waals surface area contributed by atoms with Crippen molar-refractivity contribution in [3.63, 3.8) is 0 Å². The fraction of sp³-hybridized carbons (Fsp3) is 0.409. The summed E-state index contributed by atoms with van der Waals surface area (Å²) >= 11 is 0. The number of anilines is 1. The van der Waals surface area contributed by atoms with Gasteiger partial charge < -0.3 is 20.7 Å². The Morgan fingerprint density at radius 1 is 1.09 bits per heavy atom. The SMILES string of the molecule is CC[C@H](C)[C@H](NC(=O)OCc1ccccc1)C(=O)NCCNc1ccc(C(F)(F)F)cn1. The van der Waals surface area contributed by atoms with Gasteiger partial charge in [0, 0.05) is 19.3 Å². The number of alkyl halides is 3. The van der Waals surface area contributed by atoms with Gasteiger partial charge in [-0.1, -0.05) is 50.6 Å². The molecular weight excluding hydrogens is 425 g/mol. The molecule has 0 aliphatic carbocycles. The number of aromatic nitrogens is 1. The summed E-state index contributed by atoms with van der Waals surface area (Å²) in [6.07, 6.45) is -3.74. The number of nitrogens with one attached hydrogen (secondary N) is 3. The van der Waals surface area contributed by atoms with Crippen LogP contribution in [0.15, 0.2) is 48.7 Å². The largest absolute Gasteiger partial charge is 0.445 e. The third-order valence-corrected chi connectivity index (χ3v) is 4.80. The number of halogens is 3. The molecule has 1 aromatic carbocycles. The average molecular weight is 452 g/mol. The molecule has 0 spiro atoms. The fourth-order valence-corrected chi connectivity index (χ4v) is 2.75. The maximum Gasteiger partial charge on any atom is 0.417 e. The van der Waals surface area contributed by atoms with Crippen molar-refractivity contribution >= 4 is 17.8 Å². The summed E-state index contributed by atoms with van der Waals surface area (Å²) in [5.41, 5.74) is -0.00638. The highest BCUT2D eigenvalue weighted by Gasteiger charge is 2.30. The molecule has 0 bridgehead atoms. The standard InChI is InChI=1S/C22H27F3N4O3/c1-3-15(2)19(29-21(31)32-14-16-7-5-4-6-8-16)20(30)27-12-11-26-18-10-9-17(13-28-18)22(23,24)25/h4-10,13,15,19H,3,11-12,14H2,1-2H3,(H,26,28)(H,27,30)(H,29,31)/t15-,19-/m0/s1. The highest BCUT2D eigenvalue weighted by atomic mass is 19.4. The molecule has 2 aromatic rings. The molecule has 2 rings (SSSR count). The maximum atomic E-state index is 12.6. The van der Waals surface area contributed by atoms with Crippen molar-refractivity contribution in [2.75, 3.05) is 18.4 Å². The van der Waals surface area contributed by atoms with Crippen molar-refractivity contribution in [1.82, 2.24) is 15.6 Å². The van der Waals surface area contributed by atoms with E-state index in [0.717, 1.165) is 17.8 Å². The highest BCUT2D eigenvalue weighted by molar-refractivity contribution is 5.85. The zero-order chi connectivity index (χ0) is 23.6. The molecule has 0 radical (unpaired) electrons. The van der Waals surface area contributed by atoms with E-state index in [1.165, 1.54) is 6.07 Å². The van der Waals surface area contributed by atoms with E-state index >= 15 is 0 Å². The first-order valence-corrected chi connectivity index (χ1v) is 10.2. The third-order valence-electron chi connectivity index (χ3n) is 4.80. The van der Waals surface area contributed by atoms with Crippen molar-refractivity contribution in [2.45, 2.75) is 39.1 Å². The molecule has 0 saturated heterocycles. The molecule has 1 heterocycles. The Hall–Kier alpha value is -3.30. The van der Waals surface area contributed by atoms with E-state index in [-0.39, 0.29) is 37.3 Å². The van der Waals surface area contributed by atoms with Crippen LogP contribution in [0.5, 0.6) is 0 Å². The van der Waals surface area contributed by atoms with Gasteiger partial charge in [-0.25, -0.2) is 9.78 Å². The van der Waals surface area contributed by atoms with Gasteiger partial charge in [-0.2, -0.15) is 13.2 Å². The van der Waals surface area contributed by atoms with Gasteiger partial charge in [-0.3, -0.25) is 4.79 Å². The Balaban J connectivity index is 1.79. The van der Waals surface area contributed by atoms with Gasteiger partial charge in [0.1, 0.15) is 18.5 Å². The van der Waals surface area contributed by atoms with E-state index in [1.807, 2.05) is 44.2 Å². The first-order chi connectivity index (χ1) is 15.2. The first-order valence-electron chi connectivity index (χ1n) is 10.2. The third kappa shape index (κ3) is 8.09. The van der Waals surface area contributed by atoms with E-state index in [4.69, 9.17) is 4.74 Å². The number of alkyl carbamates (subject to hydrolysis) is 1. The van der Waals surface area contributed by atoms with Crippen molar-refractivity contribution < 1.29 is 27.5 Å². The number of ether oxygens (including phenoxy) is 1. The summed E-state index contributed by atoms with van der Waals surface area (Å²) in [6.45, 7) is 4.27. The van der Waals surface area contributed by atoms with Crippen LogP contribution in [0.1, 0.15) is 31.4 Å². The van der Waals surface area contributed by atoms with Crippen LogP contribution >= 0.6 is 0 Å². The van der Waals surface area contributed by atoms with E-state index in [1.54, 1.807) is 0 Å². The van der Waals surface area contributed by atoms with Crippen molar-refractivity contribution in [2.24, 2.45) is 5.92 Å². The van der Waals surface area contributed by atoms with Gasteiger partial charge >= 0.3 is 12.3 Å². The topological polar surface area (TPSA) is 92.3 Å². The fourth-order valence-electron chi connectivity index (χ4n) is 2.75. The minimum Gasteiger partial charge on any atom is -0.445 e. The number of nitrogens with zero attached hydrogens (tertiary/aromatic N) is 1. The lowest BCUT2D eigenvalue weighted by Crippen LogP contribution is -2.51. The second kappa shape index (κ2) is 11.9. The van der Waals surface area contributed by atoms with Crippen LogP contribution in [-0.2, 0) is 22.3 Å². The Kier molecular flexibility index (Phi) is 9.30. The molecule has 174 valence electrons. The zero-order valence-corrected chi connectivity index (χ0v) is 17.9. The van der Waals surface area contributed by atoms with Crippen molar-refractivity contribution in [3.8, 4) is 0 Å². The minimum absolute atomic E-state index is 0.0889. The summed E-state index contributed by atoms with van der Waals surface area (Å²) in [5.74, 6) is -0.254. The van der Waals surface area contributed by atoms with Gasteiger partial charge in [0.25, 0.3) is 0 Å². The second-order valence-electron chi connectivity index (χ2n) is 7.22. The van der Waals surface area contributed by atoms with E-state index in [0.29, 0.717) is 6.42 Å². The lowest BCUT2D eigenvalue weighted by Gasteiger charge is -2.23. The van der Waals surface area contributed by atoms with Gasteiger partial charge in [-0.05, 0) is 23.6 Å². The van der Waals surface area contributed by atoms with Crippen LogP contribution in [0.25, 0.3) is 0 Å². The first kappa shape index (κ1) is 25.0. The molecule has 2 amide bonds. The lowest BCUT2D eigenvalue weighted by molar-refractivity contribution is -0.137. The maximum absolute atomic E-state index is 12.6. The van der Waals surface area contributed by atoms with Crippen LogP contribution in [-0.4, -0.2) is 36.1 Å². The monoisotopic (exact) mass is 452 g/mol. The Bertz CT molecular complexity index is 861. The molecule has 2 atom stereocenters. The molecule has 10 heteroatoms. The van der Waals surface area contributed by atoms with E-state index < -0.39 is 23.9 Å². The number of benzene rings is 1. The van der Waals surface area contributed by atoms with Crippen LogP contribution < -0.4 is 16.0 Å². The van der Waals surface area contributed by atoms with Crippen LogP contribution in [0, 0.1) is 5.92 Å². The highest BCUT2D eigenvalue weighted by Crippen LogP contribution is 2.28. The molecule has 3 N–H and O–H groups in total. The average Bonchev–Trinajstić information content (AvgIpc) is 2.78. The summed E-state index contributed by atoms with van der Waals surface area (Å²) in [5, 5.41) is 8.14. The van der Waals surface area contributed by atoms with Crippen LogP contribution in [0.3, 0.4) is 0 Å².